The van der Waals surface area contributed by atoms with E-state index in [-0.39, 0.29) is 6.10 Å². The van der Waals surface area contributed by atoms with E-state index in [9.17, 15) is 5.11 Å². The molecule has 2 aliphatic rings. The van der Waals surface area contributed by atoms with E-state index < -0.39 is 0 Å². The molecule has 5 nitrogen and oxygen atoms in total. The first kappa shape index (κ1) is 20.6. The third-order valence-electron chi connectivity index (χ3n) is 6.22. The van der Waals surface area contributed by atoms with Gasteiger partial charge in [-0.3, -0.25) is 4.98 Å². The fraction of sp³-hybridized carbons (Fsp3) is 0.565. The minimum Gasteiger partial charge on any atom is -0.393 e. The second-order valence-electron chi connectivity index (χ2n) is 8.54. The molecule has 3 N–H and O–H groups in total. The normalized spacial score (nSPS) is 25.0. The van der Waals surface area contributed by atoms with Crippen molar-refractivity contribution in [2.75, 3.05) is 25.0 Å². The van der Waals surface area contributed by atoms with E-state index in [0.717, 1.165) is 74.5 Å². The second kappa shape index (κ2) is 9.88. The van der Waals surface area contributed by atoms with Gasteiger partial charge in [0.05, 0.1) is 16.8 Å². The predicted octanol–water partition coefficient (Wildman–Crippen LogP) is 4.30. The SMILES string of the molecule is OC1CCC(Cc2cc(-c3cccc(NC[C@H]4CCCNC4)n3)c(Cl)cn2)CC1. The van der Waals surface area contributed by atoms with Gasteiger partial charge in [-0.1, -0.05) is 17.7 Å². The van der Waals surface area contributed by atoms with Crippen molar-refractivity contribution >= 4 is 17.4 Å². The molecule has 0 bridgehead atoms. The molecular formula is C23H31ClN4O. The van der Waals surface area contributed by atoms with Crippen LogP contribution in [0.4, 0.5) is 5.82 Å². The summed E-state index contributed by atoms with van der Waals surface area (Å²) in [5.41, 5.74) is 2.87. The van der Waals surface area contributed by atoms with E-state index in [1.54, 1.807) is 6.20 Å². The Morgan fingerprint density at radius 2 is 2.00 bits per heavy atom. The van der Waals surface area contributed by atoms with Crippen LogP contribution in [0, 0.1) is 11.8 Å². The number of aliphatic hydroxyl groups is 1. The molecule has 2 aromatic heterocycles. The molecule has 0 spiro atoms. The van der Waals surface area contributed by atoms with Crippen LogP contribution in [0.25, 0.3) is 11.3 Å². The van der Waals surface area contributed by atoms with E-state index >= 15 is 0 Å². The summed E-state index contributed by atoms with van der Waals surface area (Å²) in [5.74, 6) is 2.13. The smallest absolute Gasteiger partial charge is 0.126 e. The van der Waals surface area contributed by atoms with Gasteiger partial charge < -0.3 is 15.7 Å². The molecule has 1 aliphatic heterocycles. The van der Waals surface area contributed by atoms with Crippen LogP contribution in [0.2, 0.25) is 5.02 Å². The fourth-order valence-electron chi connectivity index (χ4n) is 4.46. The Balaban J connectivity index is 1.44. The van der Waals surface area contributed by atoms with Gasteiger partial charge >= 0.3 is 0 Å². The van der Waals surface area contributed by atoms with Crippen LogP contribution in [0.15, 0.2) is 30.5 Å². The molecule has 4 rings (SSSR count). The topological polar surface area (TPSA) is 70.1 Å². The van der Waals surface area contributed by atoms with Crippen molar-refractivity contribution in [3.05, 3.63) is 41.2 Å². The summed E-state index contributed by atoms with van der Waals surface area (Å²) in [4.78, 5) is 9.36. The molecule has 2 fully saturated rings. The zero-order chi connectivity index (χ0) is 20.1. The molecule has 1 saturated heterocycles. The number of hydrogen-bond acceptors (Lipinski definition) is 5. The van der Waals surface area contributed by atoms with Crippen molar-refractivity contribution in [3.63, 3.8) is 0 Å². The van der Waals surface area contributed by atoms with Gasteiger partial charge in [-0.15, -0.1) is 0 Å². The average Bonchev–Trinajstić information content (AvgIpc) is 2.76. The number of rotatable bonds is 6. The highest BCUT2D eigenvalue weighted by molar-refractivity contribution is 6.33. The van der Waals surface area contributed by atoms with Gasteiger partial charge in [-0.2, -0.15) is 0 Å². The Bertz CT molecular complexity index is 801. The maximum Gasteiger partial charge on any atom is 0.126 e. The van der Waals surface area contributed by atoms with Gasteiger partial charge in [-0.25, -0.2) is 4.98 Å². The molecule has 29 heavy (non-hydrogen) atoms. The highest BCUT2D eigenvalue weighted by Crippen LogP contribution is 2.31. The van der Waals surface area contributed by atoms with Crippen molar-refractivity contribution in [1.29, 1.82) is 0 Å². The van der Waals surface area contributed by atoms with Gasteiger partial charge in [-0.05, 0) is 88.1 Å². The lowest BCUT2D eigenvalue weighted by atomic mass is 9.84. The van der Waals surface area contributed by atoms with Crippen LogP contribution in [0.3, 0.4) is 0 Å². The molecule has 0 aromatic carbocycles. The minimum atomic E-state index is -0.121. The molecule has 0 radical (unpaired) electrons. The van der Waals surface area contributed by atoms with Gasteiger partial charge in [0.1, 0.15) is 5.82 Å². The summed E-state index contributed by atoms with van der Waals surface area (Å²) in [7, 11) is 0. The minimum absolute atomic E-state index is 0.121. The van der Waals surface area contributed by atoms with E-state index in [2.05, 4.69) is 21.7 Å². The molecule has 3 heterocycles. The average molecular weight is 415 g/mol. The number of piperidine rings is 1. The molecule has 0 amide bonds. The number of aliphatic hydroxyl groups excluding tert-OH is 1. The molecule has 156 valence electrons. The Morgan fingerprint density at radius 3 is 2.79 bits per heavy atom. The summed E-state index contributed by atoms with van der Waals surface area (Å²) < 4.78 is 0. The number of anilines is 1. The Kier molecular flexibility index (Phi) is 7.01. The van der Waals surface area contributed by atoms with Gasteiger partial charge in [0.2, 0.25) is 0 Å². The van der Waals surface area contributed by atoms with Crippen molar-refractivity contribution in [2.45, 2.75) is 51.0 Å². The summed E-state index contributed by atoms with van der Waals surface area (Å²) in [6.07, 6.45) is 9.00. The summed E-state index contributed by atoms with van der Waals surface area (Å²) >= 11 is 6.48. The first-order chi connectivity index (χ1) is 14.2. The molecule has 1 aliphatic carbocycles. The van der Waals surface area contributed by atoms with E-state index in [4.69, 9.17) is 16.6 Å². The van der Waals surface area contributed by atoms with Crippen LogP contribution in [0.1, 0.15) is 44.2 Å². The lowest BCUT2D eigenvalue weighted by Crippen LogP contribution is -2.33. The van der Waals surface area contributed by atoms with Crippen LogP contribution < -0.4 is 10.6 Å². The Labute approximate surface area is 178 Å². The predicted molar refractivity (Wildman–Crippen MR) is 118 cm³/mol. The van der Waals surface area contributed by atoms with Crippen molar-refractivity contribution < 1.29 is 5.11 Å². The molecule has 6 heteroatoms. The Morgan fingerprint density at radius 1 is 1.14 bits per heavy atom. The van der Waals surface area contributed by atoms with Crippen LogP contribution in [0.5, 0.6) is 0 Å². The van der Waals surface area contributed by atoms with Crippen molar-refractivity contribution in [1.82, 2.24) is 15.3 Å². The summed E-state index contributed by atoms with van der Waals surface area (Å²) in [6, 6.07) is 8.14. The van der Waals surface area contributed by atoms with Crippen LogP contribution in [-0.4, -0.2) is 40.8 Å². The first-order valence-electron chi connectivity index (χ1n) is 10.9. The highest BCUT2D eigenvalue weighted by Gasteiger charge is 2.20. The maximum absolute atomic E-state index is 9.72. The number of hydrogen-bond donors (Lipinski definition) is 3. The molecule has 1 saturated carbocycles. The molecule has 1 atom stereocenters. The van der Waals surface area contributed by atoms with E-state index in [1.165, 1.54) is 12.8 Å². The van der Waals surface area contributed by atoms with Crippen LogP contribution >= 0.6 is 11.6 Å². The molecule has 0 unspecified atom stereocenters. The standard InChI is InChI=1S/C23H31ClN4O/c24-21-15-26-18(11-16-6-8-19(29)9-7-16)12-20(21)22-4-1-5-23(28-22)27-14-17-3-2-10-25-13-17/h1,4-5,12,15-17,19,25,29H,2-3,6-11,13-14H2,(H,27,28)/t16?,17-,19?/m0/s1. The zero-order valence-electron chi connectivity index (χ0n) is 16.9. The zero-order valence-corrected chi connectivity index (χ0v) is 17.7. The van der Waals surface area contributed by atoms with Crippen molar-refractivity contribution in [2.24, 2.45) is 11.8 Å². The van der Waals surface area contributed by atoms with E-state index in [1.807, 2.05) is 18.2 Å². The monoisotopic (exact) mass is 414 g/mol. The highest BCUT2D eigenvalue weighted by atomic mass is 35.5. The maximum atomic E-state index is 9.72. The third-order valence-corrected chi connectivity index (χ3v) is 6.52. The van der Waals surface area contributed by atoms with Crippen LogP contribution in [-0.2, 0) is 6.42 Å². The first-order valence-corrected chi connectivity index (χ1v) is 11.3. The number of halogens is 1. The summed E-state index contributed by atoms with van der Waals surface area (Å²) in [5, 5.41) is 17.3. The molecule has 2 aromatic rings. The largest absolute Gasteiger partial charge is 0.393 e. The second-order valence-corrected chi connectivity index (χ2v) is 8.94. The van der Waals surface area contributed by atoms with Gasteiger partial charge in [0.25, 0.3) is 0 Å². The van der Waals surface area contributed by atoms with Crippen molar-refractivity contribution in [3.8, 4) is 11.3 Å². The van der Waals surface area contributed by atoms with E-state index in [0.29, 0.717) is 16.9 Å². The number of aromatic nitrogens is 2. The van der Waals surface area contributed by atoms with Gasteiger partial charge in [0.15, 0.2) is 0 Å². The quantitative estimate of drug-likeness (QED) is 0.657. The summed E-state index contributed by atoms with van der Waals surface area (Å²) in [6.45, 7) is 3.14. The third kappa shape index (κ3) is 5.68. The lowest BCUT2D eigenvalue weighted by Gasteiger charge is -2.25. The number of pyridine rings is 2. The number of nitrogens with zero attached hydrogens (tertiary/aromatic N) is 2. The number of nitrogens with one attached hydrogen (secondary N) is 2. The van der Waals surface area contributed by atoms with Gasteiger partial charge in [0, 0.05) is 24.0 Å². The fourth-order valence-corrected chi connectivity index (χ4v) is 4.67. The lowest BCUT2D eigenvalue weighted by molar-refractivity contribution is 0.108. The molecular weight excluding hydrogens is 384 g/mol. The Hall–Kier alpha value is -1.69.